The monoisotopic (exact) mass is 403 g/mol. The molecule has 0 amide bonds. The number of carbonyl (C=O) groups excluding carboxylic acids is 1. The van der Waals surface area contributed by atoms with Crippen molar-refractivity contribution in [2.45, 2.75) is 20.5 Å². The van der Waals surface area contributed by atoms with Crippen LogP contribution in [0.2, 0.25) is 0 Å². The quantitative estimate of drug-likeness (QED) is 0.505. The van der Waals surface area contributed by atoms with Crippen LogP contribution in [0, 0.1) is 0 Å². The lowest BCUT2D eigenvalue weighted by molar-refractivity contribution is -0.306. The minimum Gasteiger partial charge on any atom is -0.549 e. The molecule has 3 N–H and O–H groups in total. The molecule has 0 spiro atoms. The van der Waals surface area contributed by atoms with Crippen LogP contribution >= 0.6 is 0 Å². The molecule has 0 atom stereocenters. The van der Waals surface area contributed by atoms with Crippen LogP contribution in [-0.4, -0.2) is 63.2 Å². The summed E-state index contributed by atoms with van der Waals surface area (Å²) in [4.78, 5) is 25.4. The van der Waals surface area contributed by atoms with Gasteiger partial charge in [0.1, 0.15) is 11.5 Å². The smallest absolute Gasteiger partial charge is 0.317 e. The number of phenolic OH excluding ortho intramolecular Hbond substituents is 2. The molecule has 0 fully saturated rings. The third-order valence-electron chi connectivity index (χ3n) is 4.22. The normalized spacial score (nSPS) is 10.7. The lowest BCUT2D eigenvalue weighted by Gasteiger charge is -2.27. The number of phenols is 2. The van der Waals surface area contributed by atoms with Crippen molar-refractivity contribution in [2.75, 3.05) is 26.2 Å². The van der Waals surface area contributed by atoms with E-state index < -0.39 is 11.9 Å². The topological polar surface area (TPSA) is 124 Å². The summed E-state index contributed by atoms with van der Waals surface area (Å²) in [6, 6.07) is 13.3. The van der Waals surface area contributed by atoms with Gasteiger partial charge in [0, 0.05) is 43.9 Å². The van der Waals surface area contributed by atoms with Gasteiger partial charge in [-0.2, -0.15) is 0 Å². The first-order valence-electron chi connectivity index (χ1n) is 8.75. The van der Waals surface area contributed by atoms with Gasteiger partial charge < -0.3 is 25.2 Å². The molecule has 0 aromatic heterocycles. The second kappa shape index (κ2) is 11.7. The van der Waals surface area contributed by atoms with Crippen molar-refractivity contribution in [3.63, 3.8) is 0 Å². The molecule has 8 nitrogen and oxygen atoms in total. The summed E-state index contributed by atoms with van der Waals surface area (Å²) in [5, 5.41) is 40.1. The van der Waals surface area contributed by atoms with Crippen molar-refractivity contribution in [3.8, 4) is 11.5 Å². The first kappa shape index (κ1) is 23.9. The van der Waals surface area contributed by atoms with Crippen molar-refractivity contribution in [3.05, 3.63) is 59.7 Å². The minimum atomic E-state index is -1.26. The summed E-state index contributed by atoms with van der Waals surface area (Å²) in [5.74, 6) is -2.16. The van der Waals surface area contributed by atoms with Gasteiger partial charge in [-0.1, -0.05) is 43.8 Å². The summed E-state index contributed by atoms with van der Waals surface area (Å²) in [5.41, 5.74) is 1.14. The molecular formula is C21H27N2O6-. The van der Waals surface area contributed by atoms with Gasteiger partial charge in [0.2, 0.25) is 0 Å². The van der Waals surface area contributed by atoms with E-state index in [-0.39, 0.29) is 58.2 Å². The number of benzene rings is 2. The van der Waals surface area contributed by atoms with Crippen LogP contribution in [0.5, 0.6) is 11.5 Å². The van der Waals surface area contributed by atoms with E-state index >= 15 is 0 Å². The van der Waals surface area contributed by atoms with E-state index in [1.807, 2.05) is 0 Å². The van der Waals surface area contributed by atoms with E-state index in [0.29, 0.717) is 11.1 Å². The lowest BCUT2D eigenvalue weighted by atomic mass is 10.1. The van der Waals surface area contributed by atoms with Gasteiger partial charge in [0.15, 0.2) is 0 Å². The zero-order valence-corrected chi connectivity index (χ0v) is 15.3. The summed E-state index contributed by atoms with van der Waals surface area (Å²) in [6.07, 6.45) is 0. The molecule has 0 bridgehead atoms. The molecule has 0 heterocycles. The first-order valence-corrected chi connectivity index (χ1v) is 8.75. The number of para-hydroxylation sites is 2. The van der Waals surface area contributed by atoms with E-state index in [4.69, 9.17) is 5.11 Å². The van der Waals surface area contributed by atoms with E-state index in [1.165, 1.54) is 12.1 Å². The zero-order chi connectivity index (χ0) is 20.5. The van der Waals surface area contributed by atoms with Gasteiger partial charge >= 0.3 is 5.97 Å². The van der Waals surface area contributed by atoms with Gasteiger partial charge in [-0.3, -0.25) is 14.6 Å². The number of carboxylic acids is 2. The molecule has 0 radical (unpaired) electrons. The van der Waals surface area contributed by atoms with Crippen LogP contribution in [0.1, 0.15) is 18.6 Å². The summed E-state index contributed by atoms with van der Waals surface area (Å²) < 4.78 is 0. The average Bonchev–Trinajstić information content (AvgIpc) is 2.62. The van der Waals surface area contributed by atoms with Crippen LogP contribution in [0.15, 0.2) is 48.5 Å². The number of hydrogen-bond acceptors (Lipinski definition) is 7. The lowest BCUT2D eigenvalue weighted by Crippen LogP contribution is -2.42. The Morgan fingerprint density at radius 1 is 0.793 bits per heavy atom. The predicted molar refractivity (Wildman–Crippen MR) is 106 cm³/mol. The molecule has 0 saturated heterocycles. The number of carbonyl (C=O) groups is 2. The van der Waals surface area contributed by atoms with E-state index in [0.717, 1.165) is 0 Å². The molecule has 2 aromatic carbocycles. The van der Waals surface area contributed by atoms with Crippen molar-refractivity contribution in [1.29, 1.82) is 0 Å². The van der Waals surface area contributed by atoms with Crippen molar-refractivity contribution >= 4 is 11.9 Å². The summed E-state index contributed by atoms with van der Waals surface area (Å²) in [7, 11) is 0. The molecule has 29 heavy (non-hydrogen) atoms. The maximum absolute atomic E-state index is 11.2. The molecule has 2 aromatic rings. The fourth-order valence-corrected chi connectivity index (χ4v) is 2.86. The Labute approximate surface area is 170 Å². The SMILES string of the molecule is C.O=C([O-])CN(CCN(CC(=O)O)Cc1ccccc1O)Cc1ccccc1O. The minimum absolute atomic E-state index is 0. The Kier molecular flexibility index (Phi) is 9.64. The van der Waals surface area contributed by atoms with Crippen molar-refractivity contribution < 1.29 is 30.0 Å². The third kappa shape index (κ3) is 8.20. The fraction of sp³-hybridized carbons (Fsp3) is 0.333. The van der Waals surface area contributed by atoms with E-state index in [2.05, 4.69) is 0 Å². The van der Waals surface area contributed by atoms with Gasteiger partial charge in [-0.05, 0) is 12.1 Å². The van der Waals surface area contributed by atoms with Gasteiger partial charge in [-0.15, -0.1) is 0 Å². The Bertz CT molecular complexity index is 744. The van der Waals surface area contributed by atoms with Crippen LogP contribution < -0.4 is 5.11 Å². The highest BCUT2D eigenvalue weighted by atomic mass is 16.4. The Morgan fingerprint density at radius 2 is 1.21 bits per heavy atom. The Morgan fingerprint density at radius 3 is 1.59 bits per heavy atom. The molecule has 0 aliphatic rings. The molecule has 0 saturated carbocycles. The van der Waals surface area contributed by atoms with Crippen LogP contribution in [0.25, 0.3) is 0 Å². The van der Waals surface area contributed by atoms with Crippen LogP contribution in [0.3, 0.4) is 0 Å². The molecule has 0 aliphatic carbocycles. The highest BCUT2D eigenvalue weighted by molar-refractivity contribution is 5.69. The summed E-state index contributed by atoms with van der Waals surface area (Å²) in [6.45, 7) is 0.257. The van der Waals surface area contributed by atoms with Crippen molar-refractivity contribution in [2.24, 2.45) is 0 Å². The molecule has 0 unspecified atom stereocenters. The van der Waals surface area contributed by atoms with Crippen LogP contribution in [-0.2, 0) is 22.7 Å². The number of aromatic hydroxyl groups is 2. The largest absolute Gasteiger partial charge is 0.549 e. The zero-order valence-electron chi connectivity index (χ0n) is 15.3. The highest BCUT2D eigenvalue weighted by Gasteiger charge is 2.15. The Hall–Kier alpha value is -3.10. The van der Waals surface area contributed by atoms with Crippen molar-refractivity contribution in [1.82, 2.24) is 9.80 Å². The van der Waals surface area contributed by atoms with Gasteiger partial charge in [0.25, 0.3) is 0 Å². The molecule has 158 valence electrons. The number of rotatable bonds is 11. The first-order chi connectivity index (χ1) is 13.3. The maximum atomic E-state index is 11.2. The average molecular weight is 403 g/mol. The fourth-order valence-electron chi connectivity index (χ4n) is 2.86. The third-order valence-corrected chi connectivity index (χ3v) is 4.22. The van der Waals surface area contributed by atoms with E-state index in [1.54, 1.807) is 46.2 Å². The Balaban J connectivity index is 0.00000420. The molecular weight excluding hydrogens is 376 g/mol. The van der Waals surface area contributed by atoms with Gasteiger partial charge in [0.05, 0.1) is 12.5 Å². The summed E-state index contributed by atoms with van der Waals surface area (Å²) >= 11 is 0. The van der Waals surface area contributed by atoms with Gasteiger partial charge in [-0.25, -0.2) is 0 Å². The number of carboxylic acid groups (broad SMARTS) is 2. The second-order valence-corrected chi connectivity index (χ2v) is 6.44. The highest BCUT2D eigenvalue weighted by Crippen LogP contribution is 2.19. The number of nitrogens with zero attached hydrogens (tertiary/aromatic N) is 2. The standard InChI is InChI=1S/C20H24N2O6.CH4/c23-17-7-3-1-5-15(17)11-21(13-19(25)26)9-10-22(14-20(27)28)12-16-6-2-4-8-18(16)24;/h1-8,23-24H,9-14H2,(H,25,26)(H,27,28);1H4/p-1. The van der Waals surface area contributed by atoms with E-state index in [9.17, 15) is 24.9 Å². The maximum Gasteiger partial charge on any atom is 0.317 e. The van der Waals surface area contributed by atoms with Crippen LogP contribution in [0.4, 0.5) is 0 Å². The molecule has 2 rings (SSSR count). The second-order valence-electron chi connectivity index (χ2n) is 6.44. The molecule has 0 aliphatic heterocycles. The number of aliphatic carboxylic acids is 2. The number of hydrogen-bond donors (Lipinski definition) is 3. The molecule has 8 heteroatoms. The predicted octanol–water partition coefficient (Wildman–Crippen LogP) is 0.873.